The molecule has 0 spiro atoms. The van der Waals surface area contributed by atoms with Crippen LogP contribution in [0.2, 0.25) is 0 Å². The zero-order valence-corrected chi connectivity index (χ0v) is 33.7. The summed E-state index contributed by atoms with van der Waals surface area (Å²) in [6, 6.07) is 25.0. The van der Waals surface area contributed by atoms with Crippen molar-refractivity contribution in [2.75, 3.05) is 11.5 Å². The smallest absolute Gasteiger partial charge is 0.133 e. The third kappa shape index (κ3) is 11.3. The first-order chi connectivity index (χ1) is 25.7. The number of hydrogen-bond acceptors (Lipinski definition) is 4. The Morgan fingerprint density at radius 1 is 0.509 bits per heavy atom. The zero-order chi connectivity index (χ0) is 37.6. The van der Waals surface area contributed by atoms with Gasteiger partial charge in [0.25, 0.3) is 0 Å². The summed E-state index contributed by atoms with van der Waals surface area (Å²) in [5.41, 5.74) is 20.8. The fourth-order valence-electron chi connectivity index (χ4n) is 8.74. The van der Waals surface area contributed by atoms with Gasteiger partial charge in [-0.2, -0.15) is 0 Å². The minimum Gasteiger partial charge on any atom is -0.457 e. The number of unbranched alkanes of at least 4 members (excludes halogenated alkanes) is 12. The van der Waals surface area contributed by atoms with Gasteiger partial charge in [-0.15, -0.1) is 0 Å². The third-order valence-electron chi connectivity index (χ3n) is 11.9. The van der Waals surface area contributed by atoms with Gasteiger partial charge in [-0.3, -0.25) is 0 Å². The van der Waals surface area contributed by atoms with Crippen molar-refractivity contribution >= 4 is 11.4 Å². The summed E-state index contributed by atoms with van der Waals surface area (Å²) in [7, 11) is 0. The summed E-state index contributed by atoms with van der Waals surface area (Å²) in [5.74, 6) is 4.30. The average molecular weight is 717 g/mol. The predicted molar refractivity (Wildman–Crippen MR) is 227 cm³/mol. The van der Waals surface area contributed by atoms with Crippen LogP contribution in [-0.2, 0) is 5.41 Å². The highest BCUT2D eigenvalue weighted by Crippen LogP contribution is 2.50. The largest absolute Gasteiger partial charge is 0.457 e. The van der Waals surface area contributed by atoms with Crippen LogP contribution in [0.4, 0.5) is 11.4 Å². The van der Waals surface area contributed by atoms with Gasteiger partial charge in [0.2, 0.25) is 0 Å². The van der Waals surface area contributed by atoms with E-state index in [0.29, 0.717) is 0 Å². The van der Waals surface area contributed by atoms with Gasteiger partial charge in [-0.25, -0.2) is 0 Å². The van der Waals surface area contributed by atoms with Crippen LogP contribution < -0.4 is 20.9 Å². The number of anilines is 2. The molecule has 0 bridgehead atoms. The number of nitrogens with two attached hydrogens (primary N) is 2. The molecule has 4 aromatic rings. The molecule has 0 aromatic heterocycles. The first-order valence-electron chi connectivity index (χ1n) is 21.0. The van der Waals surface area contributed by atoms with Crippen molar-refractivity contribution < 1.29 is 9.47 Å². The monoisotopic (exact) mass is 717 g/mol. The Morgan fingerprint density at radius 2 is 0.849 bits per heavy atom. The molecule has 4 N–H and O–H groups in total. The molecule has 5 rings (SSSR count). The molecule has 0 aliphatic heterocycles. The minimum absolute atomic E-state index is 0.0585. The van der Waals surface area contributed by atoms with Gasteiger partial charge in [0.05, 0.1) is 0 Å². The van der Waals surface area contributed by atoms with E-state index in [1.54, 1.807) is 0 Å². The summed E-state index contributed by atoms with van der Waals surface area (Å²) >= 11 is 0. The van der Waals surface area contributed by atoms with Crippen LogP contribution in [0, 0.1) is 33.6 Å². The molecule has 286 valence electrons. The van der Waals surface area contributed by atoms with Gasteiger partial charge in [0, 0.05) is 16.8 Å². The molecule has 0 radical (unpaired) electrons. The molecule has 0 heterocycles. The standard InChI is InChI=1S/C49H68N2O2/c1-6-7-8-9-10-11-12-13-14-15-16-17-18-19-40-28-30-49(31-29-40,41-32-36(2)47(37(3)33-41)52-45-24-20-43(50)21-25-45)42-34-38(4)48(39(5)35-42)53-46-26-22-44(51)23-27-46/h20-27,32-35,40H,6-19,28-31,50-51H2,1-5H3. The van der Waals surface area contributed by atoms with Crippen molar-refractivity contribution in [1.29, 1.82) is 0 Å². The zero-order valence-electron chi connectivity index (χ0n) is 33.7. The highest BCUT2D eigenvalue weighted by Gasteiger charge is 2.39. The van der Waals surface area contributed by atoms with E-state index in [9.17, 15) is 0 Å². The molecule has 1 fully saturated rings. The molecule has 0 atom stereocenters. The molecule has 53 heavy (non-hydrogen) atoms. The second-order valence-corrected chi connectivity index (χ2v) is 16.3. The predicted octanol–water partition coefficient (Wildman–Crippen LogP) is 14.6. The lowest BCUT2D eigenvalue weighted by molar-refractivity contribution is 0.249. The maximum absolute atomic E-state index is 6.44. The lowest BCUT2D eigenvalue weighted by atomic mass is 9.62. The first-order valence-corrected chi connectivity index (χ1v) is 21.0. The van der Waals surface area contributed by atoms with Crippen molar-refractivity contribution in [3.8, 4) is 23.0 Å². The summed E-state index contributed by atoms with van der Waals surface area (Å²) in [5, 5.41) is 0. The SMILES string of the molecule is CCCCCCCCCCCCCCCC1CCC(c2cc(C)c(Oc3ccc(N)cc3)c(C)c2)(c2cc(C)c(Oc3ccc(N)cc3)c(C)c2)CC1. The van der Waals surface area contributed by atoms with Gasteiger partial charge < -0.3 is 20.9 Å². The third-order valence-corrected chi connectivity index (χ3v) is 11.9. The van der Waals surface area contributed by atoms with Gasteiger partial charge in [-0.1, -0.05) is 121 Å². The Kier molecular flexibility index (Phi) is 15.2. The number of rotatable bonds is 20. The first kappa shape index (κ1) is 40.3. The molecule has 1 aliphatic carbocycles. The highest BCUT2D eigenvalue weighted by molar-refractivity contribution is 5.55. The maximum Gasteiger partial charge on any atom is 0.133 e. The number of hydrogen-bond donors (Lipinski definition) is 2. The summed E-state index contributed by atoms with van der Waals surface area (Å²) < 4.78 is 12.9. The van der Waals surface area contributed by atoms with Crippen molar-refractivity contribution in [1.82, 2.24) is 0 Å². The van der Waals surface area contributed by atoms with Crippen molar-refractivity contribution in [2.24, 2.45) is 5.92 Å². The van der Waals surface area contributed by atoms with Crippen LogP contribution >= 0.6 is 0 Å². The number of aryl methyl sites for hydroxylation is 4. The van der Waals surface area contributed by atoms with Gasteiger partial charge in [0.15, 0.2) is 0 Å². The van der Waals surface area contributed by atoms with Crippen molar-refractivity contribution in [3.63, 3.8) is 0 Å². The van der Waals surface area contributed by atoms with Crippen molar-refractivity contribution in [2.45, 2.75) is 156 Å². The molecule has 1 aliphatic rings. The molecule has 4 heteroatoms. The Balaban J connectivity index is 1.25. The minimum atomic E-state index is -0.0585. The van der Waals surface area contributed by atoms with E-state index in [1.165, 1.54) is 136 Å². The quantitative estimate of drug-likeness (QED) is 0.0705. The number of ether oxygens (including phenoxy) is 2. The Labute approximate surface area is 322 Å². The summed E-state index contributed by atoms with van der Waals surface area (Å²) in [6.45, 7) is 11.1. The summed E-state index contributed by atoms with van der Waals surface area (Å²) in [6.07, 6.45) is 24.6. The second-order valence-electron chi connectivity index (χ2n) is 16.3. The molecular formula is C49H68N2O2. The van der Waals surface area contributed by atoms with Crippen LogP contribution in [0.5, 0.6) is 23.0 Å². The van der Waals surface area contributed by atoms with Crippen LogP contribution in [0.1, 0.15) is 156 Å². The Hall–Kier alpha value is -3.92. The van der Waals surface area contributed by atoms with E-state index in [2.05, 4.69) is 58.9 Å². The fourth-order valence-corrected chi connectivity index (χ4v) is 8.74. The molecule has 0 saturated heterocycles. The van der Waals surface area contributed by atoms with E-state index >= 15 is 0 Å². The number of benzene rings is 4. The molecule has 0 unspecified atom stereocenters. The van der Waals surface area contributed by atoms with E-state index in [0.717, 1.165) is 53.1 Å². The van der Waals surface area contributed by atoms with E-state index in [4.69, 9.17) is 20.9 Å². The summed E-state index contributed by atoms with van der Waals surface area (Å²) in [4.78, 5) is 0. The van der Waals surface area contributed by atoms with E-state index in [1.807, 2.05) is 48.5 Å². The Morgan fingerprint density at radius 3 is 1.21 bits per heavy atom. The van der Waals surface area contributed by atoms with Gasteiger partial charge in [-0.05, 0) is 141 Å². The number of nitrogen functional groups attached to an aromatic ring is 2. The van der Waals surface area contributed by atoms with Crippen LogP contribution in [0.25, 0.3) is 0 Å². The molecule has 0 amide bonds. The Bertz CT molecular complexity index is 1550. The lowest BCUT2D eigenvalue weighted by Gasteiger charge is -2.42. The molecule has 4 nitrogen and oxygen atoms in total. The van der Waals surface area contributed by atoms with Crippen LogP contribution in [0.15, 0.2) is 72.8 Å². The normalized spacial score (nSPS) is 14.4. The lowest BCUT2D eigenvalue weighted by Crippen LogP contribution is -2.33. The van der Waals surface area contributed by atoms with Gasteiger partial charge in [0.1, 0.15) is 23.0 Å². The van der Waals surface area contributed by atoms with Crippen LogP contribution in [-0.4, -0.2) is 0 Å². The molecule has 4 aromatic carbocycles. The van der Waals surface area contributed by atoms with E-state index in [-0.39, 0.29) is 5.41 Å². The molecule has 1 saturated carbocycles. The topological polar surface area (TPSA) is 70.5 Å². The fraction of sp³-hybridized carbons (Fsp3) is 0.510. The van der Waals surface area contributed by atoms with E-state index < -0.39 is 0 Å². The van der Waals surface area contributed by atoms with Gasteiger partial charge >= 0.3 is 0 Å². The molecular weight excluding hydrogens is 649 g/mol. The van der Waals surface area contributed by atoms with Crippen LogP contribution in [0.3, 0.4) is 0 Å². The maximum atomic E-state index is 6.44. The highest BCUT2D eigenvalue weighted by atomic mass is 16.5. The average Bonchev–Trinajstić information content (AvgIpc) is 3.15. The second kappa shape index (κ2) is 20.0. The van der Waals surface area contributed by atoms with Crippen molar-refractivity contribution in [3.05, 3.63) is 106 Å².